The third kappa shape index (κ3) is 4.03. The van der Waals surface area contributed by atoms with Crippen LogP contribution in [0.4, 0.5) is 11.4 Å². The van der Waals surface area contributed by atoms with Crippen LogP contribution in [0.2, 0.25) is 0 Å². The van der Waals surface area contributed by atoms with Gasteiger partial charge in [0, 0.05) is 10.2 Å². The number of anilines is 2. The van der Waals surface area contributed by atoms with Crippen LogP contribution in [-0.2, 0) is 9.59 Å². The van der Waals surface area contributed by atoms with E-state index in [2.05, 4.69) is 15.9 Å². The molecule has 6 heteroatoms. The van der Waals surface area contributed by atoms with Crippen molar-refractivity contribution in [1.82, 2.24) is 0 Å². The van der Waals surface area contributed by atoms with Crippen LogP contribution in [0.15, 0.2) is 77.3 Å². The highest BCUT2D eigenvalue weighted by Gasteiger charge is 2.45. The van der Waals surface area contributed by atoms with Crippen molar-refractivity contribution in [1.29, 1.82) is 0 Å². The average molecular weight is 477 g/mol. The first-order valence-electron chi connectivity index (χ1n) is 9.95. The summed E-state index contributed by atoms with van der Waals surface area (Å²) in [5.41, 5.74) is 3.58. The number of carbonyl (C=O) groups is 3. The van der Waals surface area contributed by atoms with Gasteiger partial charge in [0.15, 0.2) is 0 Å². The molecule has 0 aromatic heterocycles. The van der Waals surface area contributed by atoms with E-state index >= 15 is 0 Å². The molecule has 1 atom stereocenters. The minimum atomic E-state index is -0.920. The molecule has 1 aliphatic heterocycles. The first-order valence-corrected chi connectivity index (χ1v) is 10.7. The largest absolute Gasteiger partial charge is 0.295 e. The van der Waals surface area contributed by atoms with Crippen molar-refractivity contribution in [2.45, 2.75) is 26.3 Å². The Labute approximate surface area is 189 Å². The maximum absolute atomic E-state index is 13.6. The van der Waals surface area contributed by atoms with Gasteiger partial charge < -0.3 is 0 Å². The third-order valence-corrected chi connectivity index (χ3v) is 6.05. The van der Waals surface area contributed by atoms with Crippen molar-refractivity contribution in [3.8, 4) is 0 Å². The highest BCUT2D eigenvalue weighted by atomic mass is 79.9. The Bertz CT molecular complexity index is 1160. The number of carbonyl (C=O) groups excluding carboxylic acids is 3. The van der Waals surface area contributed by atoms with Gasteiger partial charge in [0.25, 0.3) is 11.8 Å². The fraction of sp³-hybridized carbons (Fsp3) is 0.160. The maximum Gasteiger partial charge on any atom is 0.260 e. The number of halogens is 1. The summed E-state index contributed by atoms with van der Waals surface area (Å²) in [7, 11) is 0. The summed E-state index contributed by atoms with van der Waals surface area (Å²) in [5, 5.41) is 0. The second-order valence-corrected chi connectivity index (χ2v) is 8.47. The quantitative estimate of drug-likeness (QED) is 0.495. The molecule has 156 valence electrons. The second-order valence-electron chi connectivity index (χ2n) is 7.61. The van der Waals surface area contributed by atoms with Crippen LogP contribution < -0.4 is 9.80 Å². The van der Waals surface area contributed by atoms with Gasteiger partial charge in [-0.3, -0.25) is 19.3 Å². The monoisotopic (exact) mass is 476 g/mol. The summed E-state index contributed by atoms with van der Waals surface area (Å²) in [6.45, 7) is 3.89. The fourth-order valence-electron chi connectivity index (χ4n) is 3.69. The standard InChI is InChI=1S/C25H21BrN2O3/c1-16-7-11-18(12-8-16)27(24(30)20-5-3-4-6-21(20)26)22-15-23(29)28(25(22)31)19-13-9-17(2)10-14-19/h3-14,22H,15H2,1-2H3/t22-/m0/s1. The minimum absolute atomic E-state index is 0.0726. The lowest BCUT2D eigenvalue weighted by atomic mass is 10.1. The van der Waals surface area contributed by atoms with Crippen LogP contribution in [-0.4, -0.2) is 23.8 Å². The van der Waals surface area contributed by atoms with E-state index in [1.165, 1.54) is 9.80 Å². The SMILES string of the molecule is Cc1ccc(N2C(=O)C[C@H](N(C(=O)c3ccccc3Br)c3ccc(C)cc3)C2=O)cc1. The van der Waals surface area contributed by atoms with Gasteiger partial charge in [-0.2, -0.15) is 0 Å². The molecular weight excluding hydrogens is 456 g/mol. The summed E-state index contributed by atoms with van der Waals surface area (Å²) in [6.07, 6.45) is -0.0726. The molecule has 1 aliphatic rings. The molecule has 0 aliphatic carbocycles. The van der Waals surface area contributed by atoms with Crippen molar-refractivity contribution >= 4 is 45.0 Å². The highest BCUT2D eigenvalue weighted by molar-refractivity contribution is 9.10. The number of amides is 3. The van der Waals surface area contributed by atoms with Gasteiger partial charge in [-0.25, -0.2) is 4.90 Å². The highest BCUT2D eigenvalue weighted by Crippen LogP contribution is 2.31. The van der Waals surface area contributed by atoms with Crippen LogP contribution in [0.1, 0.15) is 27.9 Å². The molecule has 0 N–H and O–H groups in total. The van der Waals surface area contributed by atoms with Crippen molar-refractivity contribution in [3.63, 3.8) is 0 Å². The Kier molecular flexibility index (Phi) is 5.74. The molecule has 0 saturated carbocycles. The second kappa shape index (κ2) is 8.47. The van der Waals surface area contributed by atoms with E-state index in [4.69, 9.17) is 0 Å². The smallest absolute Gasteiger partial charge is 0.260 e. The van der Waals surface area contributed by atoms with Gasteiger partial charge in [-0.05, 0) is 66.2 Å². The number of imide groups is 1. The lowest BCUT2D eigenvalue weighted by Crippen LogP contribution is -2.46. The Morgan fingerprint density at radius 1 is 0.903 bits per heavy atom. The molecule has 3 aromatic carbocycles. The fourth-order valence-corrected chi connectivity index (χ4v) is 4.15. The molecule has 0 radical (unpaired) electrons. The van der Waals surface area contributed by atoms with E-state index in [1.54, 1.807) is 42.5 Å². The van der Waals surface area contributed by atoms with Gasteiger partial charge >= 0.3 is 0 Å². The van der Waals surface area contributed by atoms with Crippen molar-refractivity contribution in [2.75, 3.05) is 9.80 Å². The predicted octanol–water partition coefficient (Wildman–Crippen LogP) is 5.04. The molecule has 3 amide bonds. The number of aryl methyl sites for hydroxylation is 2. The van der Waals surface area contributed by atoms with Gasteiger partial charge in [0.1, 0.15) is 6.04 Å². The van der Waals surface area contributed by atoms with E-state index in [0.717, 1.165) is 11.1 Å². The zero-order chi connectivity index (χ0) is 22.1. The summed E-state index contributed by atoms with van der Waals surface area (Å²) in [5.74, 6) is -1.07. The molecule has 1 fully saturated rings. The summed E-state index contributed by atoms with van der Waals surface area (Å²) >= 11 is 3.43. The number of hydrogen-bond acceptors (Lipinski definition) is 3. The van der Waals surface area contributed by atoms with Crippen molar-refractivity contribution < 1.29 is 14.4 Å². The number of hydrogen-bond donors (Lipinski definition) is 0. The predicted molar refractivity (Wildman–Crippen MR) is 124 cm³/mol. The zero-order valence-electron chi connectivity index (χ0n) is 17.2. The van der Waals surface area contributed by atoms with Crippen LogP contribution in [0.5, 0.6) is 0 Å². The lowest BCUT2D eigenvalue weighted by Gasteiger charge is -2.28. The van der Waals surface area contributed by atoms with E-state index in [-0.39, 0.29) is 18.2 Å². The maximum atomic E-state index is 13.6. The van der Waals surface area contributed by atoms with Gasteiger partial charge in [0.05, 0.1) is 17.7 Å². The average Bonchev–Trinajstić information content (AvgIpc) is 3.04. The topological polar surface area (TPSA) is 57.7 Å². The van der Waals surface area contributed by atoms with Crippen LogP contribution in [0, 0.1) is 13.8 Å². The minimum Gasteiger partial charge on any atom is -0.295 e. The molecular formula is C25H21BrN2O3. The molecule has 3 aromatic rings. The molecule has 1 saturated heterocycles. The molecule has 31 heavy (non-hydrogen) atoms. The Hall–Kier alpha value is -3.25. The van der Waals surface area contributed by atoms with Gasteiger partial charge in [-0.15, -0.1) is 0 Å². The Morgan fingerprint density at radius 2 is 1.48 bits per heavy atom. The van der Waals surface area contributed by atoms with Gasteiger partial charge in [0.2, 0.25) is 5.91 Å². The van der Waals surface area contributed by atoms with E-state index < -0.39 is 11.9 Å². The third-order valence-electron chi connectivity index (χ3n) is 5.36. The molecule has 5 nitrogen and oxygen atoms in total. The van der Waals surface area contributed by atoms with E-state index in [0.29, 0.717) is 21.4 Å². The number of rotatable bonds is 4. The Morgan fingerprint density at radius 3 is 2.10 bits per heavy atom. The zero-order valence-corrected chi connectivity index (χ0v) is 18.8. The Balaban J connectivity index is 1.76. The normalized spacial score (nSPS) is 16.0. The molecule has 0 unspecified atom stereocenters. The van der Waals surface area contributed by atoms with Gasteiger partial charge in [-0.1, -0.05) is 47.5 Å². The van der Waals surface area contributed by atoms with Crippen LogP contribution >= 0.6 is 15.9 Å². The number of nitrogens with zero attached hydrogens (tertiary/aromatic N) is 2. The first kappa shape index (κ1) is 21.0. The van der Waals surface area contributed by atoms with E-state index in [1.807, 2.05) is 44.2 Å². The van der Waals surface area contributed by atoms with Crippen LogP contribution in [0.25, 0.3) is 0 Å². The van der Waals surface area contributed by atoms with Crippen molar-refractivity contribution in [3.05, 3.63) is 94.0 Å². The van der Waals surface area contributed by atoms with Crippen LogP contribution in [0.3, 0.4) is 0 Å². The number of benzene rings is 3. The summed E-state index contributed by atoms with van der Waals surface area (Å²) < 4.78 is 0.629. The summed E-state index contributed by atoms with van der Waals surface area (Å²) in [6, 6.07) is 20.7. The molecule has 4 rings (SSSR count). The van der Waals surface area contributed by atoms with E-state index in [9.17, 15) is 14.4 Å². The molecule has 0 bridgehead atoms. The molecule has 1 heterocycles. The van der Waals surface area contributed by atoms with Crippen molar-refractivity contribution in [2.24, 2.45) is 0 Å². The first-order chi connectivity index (χ1) is 14.9. The summed E-state index contributed by atoms with van der Waals surface area (Å²) in [4.78, 5) is 42.5. The lowest BCUT2D eigenvalue weighted by molar-refractivity contribution is -0.121. The molecule has 0 spiro atoms.